The Hall–Kier alpha value is -3.84. The van der Waals surface area contributed by atoms with Crippen LogP contribution in [0.4, 0.5) is 0 Å². The zero-order valence-electron chi connectivity index (χ0n) is 25.6. The van der Waals surface area contributed by atoms with Gasteiger partial charge in [0.05, 0.1) is 11.2 Å². The summed E-state index contributed by atoms with van der Waals surface area (Å²) < 4.78 is 11.9. The standard InChI is InChI=1S/C36H37Cl2N3O3/c1-24-9-11-28(12-10-24)22-40-15-17-41(18-16-40)36(42)27(4)26(3)30-19-25(2)35(33(38)20-30)44-34-14-13-31(21-39-34)43-23-29-7-5-6-8-32(29)37/h5-14,19-21H,15-18,22-23H2,1-4H3/b27-26+. The van der Waals surface area contributed by atoms with Crippen LogP contribution in [0.1, 0.15) is 41.7 Å². The predicted molar refractivity (Wildman–Crippen MR) is 178 cm³/mol. The van der Waals surface area contributed by atoms with Crippen molar-refractivity contribution >= 4 is 34.7 Å². The van der Waals surface area contributed by atoms with Crippen LogP contribution < -0.4 is 9.47 Å². The summed E-state index contributed by atoms with van der Waals surface area (Å²) in [4.78, 5) is 22.2. The van der Waals surface area contributed by atoms with Crippen molar-refractivity contribution in [3.63, 3.8) is 0 Å². The molecule has 8 heteroatoms. The van der Waals surface area contributed by atoms with Crippen LogP contribution in [0.5, 0.6) is 17.4 Å². The first-order valence-corrected chi connectivity index (χ1v) is 15.5. The van der Waals surface area contributed by atoms with E-state index in [1.54, 1.807) is 18.3 Å². The molecule has 0 atom stereocenters. The van der Waals surface area contributed by atoms with Crippen LogP contribution in [0.25, 0.3) is 5.57 Å². The van der Waals surface area contributed by atoms with Crippen LogP contribution in [-0.2, 0) is 17.9 Å². The van der Waals surface area contributed by atoms with E-state index in [1.807, 2.05) is 62.1 Å². The number of carbonyl (C=O) groups is 1. The zero-order valence-corrected chi connectivity index (χ0v) is 27.1. The SMILES string of the molecule is C/C(C(=O)N1CCN(Cc2ccc(C)cc2)CC1)=C(/C)c1cc(C)c(Oc2ccc(OCc3ccccc3Cl)cn2)c(Cl)c1. The first kappa shape index (κ1) is 31.6. The van der Waals surface area contributed by atoms with E-state index in [0.29, 0.717) is 47.1 Å². The zero-order chi connectivity index (χ0) is 31.2. The molecule has 0 saturated carbocycles. The molecule has 4 aromatic rings. The second-order valence-corrected chi connectivity index (χ2v) is 12.0. The predicted octanol–water partition coefficient (Wildman–Crippen LogP) is 8.51. The number of benzene rings is 3. The van der Waals surface area contributed by atoms with Crippen molar-refractivity contribution in [3.05, 3.63) is 122 Å². The summed E-state index contributed by atoms with van der Waals surface area (Å²) in [6.45, 7) is 12.3. The number of halogens is 2. The normalized spacial score (nSPS) is 14.3. The third-order valence-corrected chi connectivity index (χ3v) is 8.65. The lowest BCUT2D eigenvalue weighted by molar-refractivity contribution is -0.128. The first-order valence-electron chi connectivity index (χ1n) is 14.7. The number of nitrogens with zero attached hydrogens (tertiary/aromatic N) is 3. The van der Waals surface area contributed by atoms with Crippen LogP contribution in [0.15, 0.2) is 84.6 Å². The molecule has 2 heterocycles. The molecule has 6 nitrogen and oxygen atoms in total. The molecule has 5 rings (SSSR count). The summed E-state index contributed by atoms with van der Waals surface area (Å²) in [6, 6.07) is 23.6. The highest BCUT2D eigenvalue weighted by Crippen LogP contribution is 2.36. The fourth-order valence-corrected chi connectivity index (χ4v) is 5.64. The van der Waals surface area contributed by atoms with E-state index in [0.717, 1.165) is 47.5 Å². The molecule has 1 aliphatic rings. The summed E-state index contributed by atoms with van der Waals surface area (Å²) in [5.74, 6) is 1.58. The van der Waals surface area contributed by atoms with Gasteiger partial charge in [0.25, 0.3) is 0 Å². The number of allylic oxidation sites excluding steroid dienone is 1. The van der Waals surface area contributed by atoms with Gasteiger partial charge in [0.1, 0.15) is 12.4 Å². The van der Waals surface area contributed by atoms with E-state index >= 15 is 0 Å². The van der Waals surface area contributed by atoms with Gasteiger partial charge in [-0.3, -0.25) is 9.69 Å². The molecule has 0 unspecified atom stereocenters. The van der Waals surface area contributed by atoms with Crippen molar-refractivity contribution in [1.29, 1.82) is 0 Å². The van der Waals surface area contributed by atoms with Crippen molar-refractivity contribution in [3.8, 4) is 17.4 Å². The molecule has 1 fully saturated rings. The Morgan fingerprint density at radius 2 is 1.61 bits per heavy atom. The summed E-state index contributed by atoms with van der Waals surface area (Å²) in [5, 5.41) is 1.11. The minimum atomic E-state index is 0.0626. The van der Waals surface area contributed by atoms with Crippen LogP contribution in [0.2, 0.25) is 10.0 Å². The lowest BCUT2D eigenvalue weighted by Gasteiger charge is -2.35. The Bertz CT molecular complexity index is 1620. The maximum Gasteiger partial charge on any atom is 0.249 e. The fraction of sp³-hybridized carbons (Fsp3) is 0.278. The Kier molecular flexibility index (Phi) is 10.3. The van der Waals surface area contributed by atoms with Gasteiger partial charge < -0.3 is 14.4 Å². The molecule has 0 aliphatic carbocycles. The number of hydrogen-bond donors (Lipinski definition) is 0. The molecular formula is C36H37Cl2N3O3. The monoisotopic (exact) mass is 629 g/mol. The maximum atomic E-state index is 13.4. The highest BCUT2D eigenvalue weighted by molar-refractivity contribution is 6.32. The molecule has 0 N–H and O–H groups in total. The van der Waals surface area contributed by atoms with Gasteiger partial charge in [-0.2, -0.15) is 0 Å². The second-order valence-electron chi connectivity index (χ2n) is 11.2. The van der Waals surface area contributed by atoms with Gasteiger partial charge in [-0.15, -0.1) is 0 Å². The topological polar surface area (TPSA) is 54.9 Å². The molecule has 228 valence electrons. The molecule has 3 aromatic carbocycles. The number of hydrogen-bond acceptors (Lipinski definition) is 5. The first-order chi connectivity index (χ1) is 21.2. The third-order valence-electron chi connectivity index (χ3n) is 8.00. The van der Waals surface area contributed by atoms with E-state index in [1.165, 1.54) is 11.1 Å². The quantitative estimate of drug-likeness (QED) is 0.174. The van der Waals surface area contributed by atoms with Crippen LogP contribution in [0, 0.1) is 13.8 Å². The van der Waals surface area contributed by atoms with E-state index < -0.39 is 0 Å². The lowest BCUT2D eigenvalue weighted by Crippen LogP contribution is -2.48. The molecule has 1 amide bonds. The van der Waals surface area contributed by atoms with Crippen molar-refractivity contribution in [1.82, 2.24) is 14.8 Å². The molecule has 1 aliphatic heterocycles. The largest absolute Gasteiger partial charge is 0.487 e. The molecular weight excluding hydrogens is 593 g/mol. The molecule has 1 aromatic heterocycles. The Balaban J connectivity index is 1.19. The van der Waals surface area contributed by atoms with Crippen LogP contribution in [-0.4, -0.2) is 46.9 Å². The number of pyridine rings is 1. The fourth-order valence-electron chi connectivity index (χ4n) is 5.15. The van der Waals surface area contributed by atoms with Gasteiger partial charge >= 0.3 is 0 Å². The highest BCUT2D eigenvalue weighted by Gasteiger charge is 2.23. The average Bonchev–Trinajstić information content (AvgIpc) is 3.03. The van der Waals surface area contributed by atoms with Gasteiger partial charge in [-0.1, -0.05) is 71.2 Å². The van der Waals surface area contributed by atoms with Crippen LogP contribution in [0.3, 0.4) is 0 Å². The third kappa shape index (κ3) is 7.81. The Morgan fingerprint density at radius 1 is 0.886 bits per heavy atom. The molecule has 0 bridgehead atoms. The number of carbonyl (C=O) groups excluding carboxylic acids is 1. The summed E-state index contributed by atoms with van der Waals surface area (Å²) in [6.07, 6.45) is 1.61. The minimum absolute atomic E-state index is 0.0626. The smallest absolute Gasteiger partial charge is 0.249 e. The van der Waals surface area contributed by atoms with Gasteiger partial charge in [-0.05, 0) is 74.2 Å². The summed E-state index contributed by atoms with van der Waals surface area (Å²) >= 11 is 12.9. The maximum absolute atomic E-state index is 13.4. The molecule has 0 radical (unpaired) electrons. The second kappa shape index (κ2) is 14.3. The number of amides is 1. The lowest BCUT2D eigenvalue weighted by atomic mass is 9.99. The molecule has 1 saturated heterocycles. The minimum Gasteiger partial charge on any atom is -0.487 e. The van der Waals surface area contributed by atoms with Gasteiger partial charge in [0, 0.05) is 54.9 Å². The Labute approximate surface area is 269 Å². The number of aryl methyl sites for hydroxylation is 2. The average molecular weight is 631 g/mol. The van der Waals surface area contributed by atoms with Crippen molar-refractivity contribution < 1.29 is 14.3 Å². The van der Waals surface area contributed by atoms with E-state index in [9.17, 15) is 4.79 Å². The van der Waals surface area contributed by atoms with E-state index in [4.69, 9.17) is 32.7 Å². The number of aromatic nitrogens is 1. The van der Waals surface area contributed by atoms with Gasteiger partial charge in [0.2, 0.25) is 11.8 Å². The van der Waals surface area contributed by atoms with Gasteiger partial charge in [-0.25, -0.2) is 4.98 Å². The van der Waals surface area contributed by atoms with Gasteiger partial charge in [0.15, 0.2) is 5.75 Å². The highest BCUT2D eigenvalue weighted by atomic mass is 35.5. The molecule has 44 heavy (non-hydrogen) atoms. The molecule has 0 spiro atoms. The van der Waals surface area contributed by atoms with E-state index in [2.05, 4.69) is 41.1 Å². The number of rotatable bonds is 9. The van der Waals surface area contributed by atoms with Crippen molar-refractivity contribution in [2.24, 2.45) is 0 Å². The van der Waals surface area contributed by atoms with Crippen molar-refractivity contribution in [2.45, 2.75) is 40.8 Å². The van der Waals surface area contributed by atoms with E-state index in [-0.39, 0.29) is 5.91 Å². The number of piperazine rings is 1. The van der Waals surface area contributed by atoms with Crippen molar-refractivity contribution in [2.75, 3.05) is 26.2 Å². The van der Waals surface area contributed by atoms with Crippen LogP contribution >= 0.6 is 23.2 Å². The summed E-state index contributed by atoms with van der Waals surface area (Å²) in [5.41, 5.74) is 6.81. The number of ether oxygens (including phenoxy) is 2. The Morgan fingerprint density at radius 3 is 2.27 bits per heavy atom. The summed E-state index contributed by atoms with van der Waals surface area (Å²) in [7, 11) is 0.